The van der Waals surface area contributed by atoms with Gasteiger partial charge in [-0.3, -0.25) is 9.69 Å². The third-order valence-electron chi connectivity index (χ3n) is 2.78. The molecular weight excluding hydrogens is 221 g/mol. The van der Waals surface area contributed by atoms with Crippen molar-refractivity contribution in [1.82, 2.24) is 15.5 Å². The van der Waals surface area contributed by atoms with Gasteiger partial charge in [0.1, 0.15) is 5.82 Å². The molecule has 0 bridgehead atoms. The molecule has 5 heteroatoms. The van der Waals surface area contributed by atoms with Crippen molar-refractivity contribution in [2.75, 3.05) is 32.8 Å². The van der Waals surface area contributed by atoms with Crippen molar-refractivity contribution in [2.24, 2.45) is 0 Å². The van der Waals surface area contributed by atoms with Crippen LogP contribution >= 0.6 is 0 Å². The summed E-state index contributed by atoms with van der Waals surface area (Å²) in [6.07, 6.45) is 0. The largest absolute Gasteiger partial charge is 0.339 e. The summed E-state index contributed by atoms with van der Waals surface area (Å²) in [6.45, 7) is 4.31. The van der Waals surface area contributed by atoms with E-state index in [4.69, 9.17) is 0 Å². The zero-order chi connectivity index (χ0) is 12.1. The van der Waals surface area contributed by atoms with Gasteiger partial charge in [0.15, 0.2) is 0 Å². The standard InChI is InChI=1S/C12H16FN3O/c13-11-3-1-10(2-4-11)12(17)15-9-16-7-5-14-6-8-16/h1-4,14H,5-9H2,(H,15,17). The van der Waals surface area contributed by atoms with E-state index in [2.05, 4.69) is 15.5 Å². The molecule has 1 amide bonds. The SMILES string of the molecule is O=C(NCN1CCNCC1)c1ccc(F)cc1. The highest BCUT2D eigenvalue weighted by molar-refractivity contribution is 5.94. The molecule has 2 N–H and O–H groups in total. The highest BCUT2D eigenvalue weighted by Gasteiger charge is 2.11. The van der Waals surface area contributed by atoms with Crippen LogP contribution in [0.2, 0.25) is 0 Å². The summed E-state index contributed by atoms with van der Waals surface area (Å²) in [5.74, 6) is -0.493. The van der Waals surface area contributed by atoms with Gasteiger partial charge in [-0.15, -0.1) is 0 Å². The maximum Gasteiger partial charge on any atom is 0.252 e. The molecule has 1 saturated heterocycles. The van der Waals surface area contributed by atoms with E-state index in [0.717, 1.165) is 26.2 Å². The Balaban J connectivity index is 1.82. The molecule has 0 atom stereocenters. The summed E-state index contributed by atoms with van der Waals surface area (Å²) < 4.78 is 12.7. The summed E-state index contributed by atoms with van der Waals surface area (Å²) >= 11 is 0. The van der Waals surface area contributed by atoms with Crippen molar-refractivity contribution >= 4 is 5.91 Å². The van der Waals surface area contributed by atoms with Crippen molar-refractivity contribution in [3.63, 3.8) is 0 Å². The van der Waals surface area contributed by atoms with E-state index in [-0.39, 0.29) is 11.7 Å². The predicted octanol–water partition coefficient (Wildman–Crippen LogP) is 0.418. The molecule has 4 nitrogen and oxygen atoms in total. The Bertz CT molecular complexity index is 374. The Morgan fingerprint density at radius 3 is 2.59 bits per heavy atom. The number of nitrogens with zero attached hydrogens (tertiary/aromatic N) is 1. The van der Waals surface area contributed by atoms with Crippen LogP contribution in [0.4, 0.5) is 4.39 Å². The summed E-state index contributed by atoms with van der Waals surface area (Å²) in [5, 5.41) is 6.07. The minimum absolute atomic E-state index is 0.163. The number of carbonyl (C=O) groups is 1. The van der Waals surface area contributed by atoms with Gasteiger partial charge in [0.2, 0.25) is 0 Å². The van der Waals surface area contributed by atoms with Gasteiger partial charge in [0.05, 0.1) is 6.67 Å². The second-order valence-corrected chi connectivity index (χ2v) is 4.04. The molecule has 0 unspecified atom stereocenters. The average molecular weight is 237 g/mol. The first kappa shape index (κ1) is 12.0. The minimum Gasteiger partial charge on any atom is -0.339 e. The second-order valence-electron chi connectivity index (χ2n) is 4.04. The van der Waals surface area contributed by atoms with E-state index >= 15 is 0 Å². The normalized spacial score (nSPS) is 16.8. The van der Waals surface area contributed by atoms with Crippen LogP contribution in [0.15, 0.2) is 24.3 Å². The zero-order valence-electron chi connectivity index (χ0n) is 9.58. The number of carbonyl (C=O) groups excluding carboxylic acids is 1. The van der Waals surface area contributed by atoms with E-state index in [9.17, 15) is 9.18 Å². The quantitative estimate of drug-likeness (QED) is 0.800. The molecule has 1 aliphatic heterocycles. The predicted molar refractivity (Wildman–Crippen MR) is 63.2 cm³/mol. The van der Waals surface area contributed by atoms with Gasteiger partial charge < -0.3 is 10.6 Å². The number of benzene rings is 1. The first-order chi connectivity index (χ1) is 8.25. The molecular formula is C12H16FN3O. The van der Waals surface area contributed by atoms with Crippen molar-refractivity contribution in [3.8, 4) is 0 Å². The Hall–Kier alpha value is -1.46. The zero-order valence-corrected chi connectivity index (χ0v) is 9.58. The number of hydrogen-bond donors (Lipinski definition) is 2. The van der Waals surface area contributed by atoms with Crippen LogP contribution < -0.4 is 10.6 Å². The number of nitrogens with one attached hydrogen (secondary N) is 2. The lowest BCUT2D eigenvalue weighted by Gasteiger charge is -2.27. The van der Waals surface area contributed by atoms with Crippen LogP contribution in [0, 0.1) is 5.82 Å². The maximum atomic E-state index is 12.7. The molecule has 1 aliphatic rings. The summed E-state index contributed by atoms with van der Waals surface area (Å²) in [6, 6.07) is 5.56. The van der Waals surface area contributed by atoms with Gasteiger partial charge in [-0.2, -0.15) is 0 Å². The lowest BCUT2D eigenvalue weighted by atomic mass is 10.2. The van der Waals surface area contributed by atoms with Gasteiger partial charge in [-0.05, 0) is 24.3 Å². The fourth-order valence-corrected chi connectivity index (χ4v) is 1.76. The third-order valence-corrected chi connectivity index (χ3v) is 2.78. The number of rotatable bonds is 3. The van der Waals surface area contributed by atoms with Crippen LogP contribution in [0.5, 0.6) is 0 Å². The highest BCUT2D eigenvalue weighted by atomic mass is 19.1. The Labute approximate surface area is 99.8 Å². The molecule has 92 valence electrons. The Kier molecular flexibility index (Phi) is 4.06. The van der Waals surface area contributed by atoms with Gasteiger partial charge in [0.25, 0.3) is 5.91 Å². The van der Waals surface area contributed by atoms with Gasteiger partial charge in [-0.25, -0.2) is 4.39 Å². The molecule has 0 saturated carbocycles. The molecule has 1 fully saturated rings. The fraction of sp³-hybridized carbons (Fsp3) is 0.417. The molecule has 1 aromatic carbocycles. The fourth-order valence-electron chi connectivity index (χ4n) is 1.76. The van der Waals surface area contributed by atoms with E-state index in [0.29, 0.717) is 12.2 Å². The second kappa shape index (κ2) is 5.75. The smallest absolute Gasteiger partial charge is 0.252 e. The number of piperazine rings is 1. The highest BCUT2D eigenvalue weighted by Crippen LogP contribution is 2.02. The lowest BCUT2D eigenvalue weighted by Crippen LogP contribution is -2.48. The molecule has 1 heterocycles. The van der Waals surface area contributed by atoms with E-state index in [1.807, 2.05) is 0 Å². The topological polar surface area (TPSA) is 44.4 Å². The van der Waals surface area contributed by atoms with Crippen LogP contribution in [-0.2, 0) is 0 Å². The number of hydrogen-bond acceptors (Lipinski definition) is 3. The van der Waals surface area contributed by atoms with Crippen LogP contribution in [0.25, 0.3) is 0 Å². The summed E-state index contributed by atoms with van der Waals surface area (Å²) in [5.41, 5.74) is 0.488. The van der Waals surface area contributed by atoms with Gasteiger partial charge in [-0.1, -0.05) is 0 Å². The van der Waals surface area contributed by atoms with Gasteiger partial charge in [0, 0.05) is 31.7 Å². The third kappa shape index (κ3) is 3.51. The van der Waals surface area contributed by atoms with Crippen molar-refractivity contribution in [1.29, 1.82) is 0 Å². The van der Waals surface area contributed by atoms with Gasteiger partial charge >= 0.3 is 0 Å². The molecule has 2 rings (SSSR count). The van der Waals surface area contributed by atoms with Crippen LogP contribution in [-0.4, -0.2) is 43.7 Å². The first-order valence-corrected chi connectivity index (χ1v) is 5.72. The molecule has 0 aromatic heterocycles. The van der Waals surface area contributed by atoms with E-state index < -0.39 is 0 Å². The Morgan fingerprint density at radius 1 is 1.29 bits per heavy atom. The minimum atomic E-state index is -0.330. The van der Waals surface area contributed by atoms with Crippen molar-refractivity contribution in [2.45, 2.75) is 0 Å². The first-order valence-electron chi connectivity index (χ1n) is 5.72. The molecule has 0 radical (unpaired) electrons. The van der Waals surface area contributed by atoms with Crippen LogP contribution in [0.3, 0.4) is 0 Å². The van der Waals surface area contributed by atoms with E-state index in [1.165, 1.54) is 24.3 Å². The molecule has 17 heavy (non-hydrogen) atoms. The summed E-state index contributed by atoms with van der Waals surface area (Å²) in [7, 11) is 0. The maximum absolute atomic E-state index is 12.7. The molecule has 1 aromatic rings. The number of amides is 1. The van der Waals surface area contributed by atoms with Crippen molar-refractivity contribution < 1.29 is 9.18 Å². The monoisotopic (exact) mass is 237 g/mol. The van der Waals surface area contributed by atoms with E-state index in [1.54, 1.807) is 0 Å². The Morgan fingerprint density at radius 2 is 1.94 bits per heavy atom. The summed E-state index contributed by atoms with van der Waals surface area (Å²) in [4.78, 5) is 13.9. The lowest BCUT2D eigenvalue weighted by molar-refractivity contribution is 0.0917. The number of halogens is 1. The van der Waals surface area contributed by atoms with Crippen LogP contribution in [0.1, 0.15) is 10.4 Å². The molecule has 0 aliphatic carbocycles. The average Bonchev–Trinajstić information content (AvgIpc) is 2.38. The molecule has 0 spiro atoms. The van der Waals surface area contributed by atoms with Crippen molar-refractivity contribution in [3.05, 3.63) is 35.6 Å².